The number of carbonyl (C=O) groups excluding carboxylic acids is 3. The van der Waals surface area contributed by atoms with Crippen LogP contribution in [0.5, 0.6) is 0 Å². The van der Waals surface area contributed by atoms with Gasteiger partial charge in [-0.3, -0.25) is 9.59 Å². The van der Waals surface area contributed by atoms with E-state index in [2.05, 4.69) is 21.3 Å². The maximum Gasteiger partial charge on any atom is 0.318 e. The first-order chi connectivity index (χ1) is 10.3. The van der Waals surface area contributed by atoms with E-state index in [4.69, 9.17) is 0 Å². The largest absolute Gasteiger partial charge is 0.344 e. The van der Waals surface area contributed by atoms with E-state index >= 15 is 0 Å². The lowest BCUT2D eigenvalue weighted by Crippen LogP contribution is -2.46. The lowest BCUT2D eigenvalue weighted by Gasteiger charge is -2.21. The molecule has 0 aliphatic carbocycles. The van der Waals surface area contributed by atoms with Crippen LogP contribution in [0, 0.1) is 5.92 Å². The average molecular weight is 306 g/mol. The van der Waals surface area contributed by atoms with Crippen molar-refractivity contribution in [1.29, 1.82) is 0 Å². The predicted octanol–water partition coefficient (Wildman–Crippen LogP) is 1.54. The van der Waals surface area contributed by atoms with Gasteiger partial charge in [0.1, 0.15) is 6.04 Å². The van der Waals surface area contributed by atoms with Gasteiger partial charge in [0.2, 0.25) is 11.8 Å². The Morgan fingerprint density at radius 1 is 0.955 bits per heavy atom. The fourth-order valence-electron chi connectivity index (χ4n) is 1.80. The van der Waals surface area contributed by atoms with Crippen molar-refractivity contribution in [3.63, 3.8) is 0 Å². The first-order valence-electron chi connectivity index (χ1n) is 7.00. The molecule has 4 amide bonds. The predicted molar refractivity (Wildman–Crippen MR) is 85.6 cm³/mol. The highest BCUT2D eigenvalue weighted by molar-refractivity contribution is 5.97. The van der Waals surface area contributed by atoms with Crippen LogP contribution in [-0.2, 0) is 9.59 Å². The van der Waals surface area contributed by atoms with Gasteiger partial charge in [0.05, 0.1) is 0 Å². The molecular formula is C15H22N4O3. The molecule has 7 heteroatoms. The van der Waals surface area contributed by atoms with Gasteiger partial charge in [-0.1, -0.05) is 13.8 Å². The summed E-state index contributed by atoms with van der Waals surface area (Å²) in [6.45, 7) is 5.09. The number of benzene rings is 1. The fourth-order valence-corrected chi connectivity index (χ4v) is 1.80. The molecule has 22 heavy (non-hydrogen) atoms. The molecule has 1 unspecified atom stereocenters. The van der Waals surface area contributed by atoms with Crippen molar-refractivity contribution in [2.45, 2.75) is 26.8 Å². The Hall–Kier alpha value is -2.57. The van der Waals surface area contributed by atoms with Gasteiger partial charge in [0.15, 0.2) is 0 Å². The maximum atomic E-state index is 12.2. The van der Waals surface area contributed by atoms with Crippen LogP contribution < -0.4 is 21.3 Å². The Morgan fingerprint density at radius 3 is 1.86 bits per heavy atom. The second-order valence-electron chi connectivity index (χ2n) is 5.19. The lowest BCUT2D eigenvalue weighted by molar-refractivity contribution is -0.126. The van der Waals surface area contributed by atoms with Crippen molar-refractivity contribution in [2.75, 3.05) is 17.7 Å². The van der Waals surface area contributed by atoms with E-state index in [1.54, 1.807) is 24.3 Å². The summed E-state index contributed by atoms with van der Waals surface area (Å²) in [4.78, 5) is 34.5. The molecule has 1 aromatic carbocycles. The van der Waals surface area contributed by atoms with Crippen LogP contribution in [-0.4, -0.2) is 30.9 Å². The molecule has 0 aromatic heterocycles. The quantitative estimate of drug-likeness (QED) is 0.664. The molecule has 1 rings (SSSR count). The molecule has 0 spiro atoms. The molecule has 0 heterocycles. The van der Waals surface area contributed by atoms with Gasteiger partial charge in [-0.2, -0.15) is 0 Å². The number of hydrogen-bond donors (Lipinski definition) is 4. The Morgan fingerprint density at radius 2 is 1.45 bits per heavy atom. The number of anilines is 2. The van der Waals surface area contributed by atoms with Gasteiger partial charge in [-0.05, 0) is 30.2 Å². The lowest BCUT2D eigenvalue weighted by atomic mass is 10.0. The number of carbonyl (C=O) groups is 3. The molecule has 1 atom stereocenters. The van der Waals surface area contributed by atoms with E-state index in [1.807, 2.05) is 13.8 Å². The molecular weight excluding hydrogens is 284 g/mol. The van der Waals surface area contributed by atoms with Gasteiger partial charge < -0.3 is 21.3 Å². The molecule has 7 nitrogen and oxygen atoms in total. The van der Waals surface area contributed by atoms with Crippen molar-refractivity contribution in [3.05, 3.63) is 24.3 Å². The molecule has 120 valence electrons. The highest BCUT2D eigenvalue weighted by atomic mass is 16.2. The van der Waals surface area contributed by atoms with Crippen LogP contribution in [0.25, 0.3) is 0 Å². The second kappa shape index (κ2) is 8.02. The van der Waals surface area contributed by atoms with Crippen LogP contribution in [0.1, 0.15) is 20.8 Å². The topological polar surface area (TPSA) is 99.3 Å². The molecule has 0 fully saturated rings. The third-order valence-electron chi connectivity index (χ3n) is 2.95. The molecule has 0 saturated heterocycles. The maximum absolute atomic E-state index is 12.2. The zero-order valence-corrected chi connectivity index (χ0v) is 13.2. The molecule has 4 N–H and O–H groups in total. The van der Waals surface area contributed by atoms with Crippen molar-refractivity contribution < 1.29 is 14.4 Å². The first kappa shape index (κ1) is 17.5. The molecule has 0 radical (unpaired) electrons. The van der Waals surface area contributed by atoms with Gasteiger partial charge >= 0.3 is 6.03 Å². The van der Waals surface area contributed by atoms with Gasteiger partial charge in [0, 0.05) is 25.3 Å². The highest BCUT2D eigenvalue weighted by Gasteiger charge is 2.22. The average Bonchev–Trinajstić information content (AvgIpc) is 2.46. The Balaban J connectivity index is 2.70. The van der Waals surface area contributed by atoms with E-state index in [0.717, 1.165) is 0 Å². The van der Waals surface area contributed by atoms with Crippen molar-refractivity contribution in [1.82, 2.24) is 10.6 Å². The van der Waals surface area contributed by atoms with E-state index in [1.165, 1.54) is 14.0 Å². The summed E-state index contributed by atoms with van der Waals surface area (Å²) >= 11 is 0. The van der Waals surface area contributed by atoms with E-state index < -0.39 is 6.04 Å². The number of hydrogen-bond acceptors (Lipinski definition) is 3. The molecule has 1 aromatic rings. The minimum Gasteiger partial charge on any atom is -0.344 e. The summed E-state index contributed by atoms with van der Waals surface area (Å²) in [5.74, 6) is -0.561. The van der Waals surface area contributed by atoms with Crippen molar-refractivity contribution in [3.8, 4) is 0 Å². The number of urea groups is 1. The van der Waals surface area contributed by atoms with Crippen molar-refractivity contribution >= 4 is 29.2 Å². The summed E-state index contributed by atoms with van der Waals surface area (Å²) in [7, 11) is 1.53. The van der Waals surface area contributed by atoms with Gasteiger partial charge in [-0.25, -0.2) is 4.79 Å². The standard InChI is InChI=1S/C15H22N4O3/c1-9(2)13(17-10(3)20)14(21)18-11-5-7-12(8-6-11)19-15(22)16-4/h5-9,13H,1-4H3,(H,17,20)(H,18,21)(H2,16,19,22). The Labute approximate surface area is 129 Å². The Bertz CT molecular complexity index is 540. The number of amides is 4. The van der Waals surface area contributed by atoms with Crippen LogP contribution in [0.3, 0.4) is 0 Å². The third-order valence-corrected chi connectivity index (χ3v) is 2.95. The van der Waals surface area contributed by atoms with Crippen LogP contribution in [0.2, 0.25) is 0 Å². The highest BCUT2D eigenvalue weighted by Crippen LogP contribution is 2.14. The van der Waals surface area contributed by atoms with Crippen LogP contribution in [0.15, 0.2) is 24.3 Å². The summed E-state index contributed by atoms with van der Waals surface area (Å²) in [5.41, 5.74) is 1.20. The number of rotatable bonds is 5. The molecule has 0 bridgehead atoms. The molecule has 0 saturated carbocycles. The zero-order valence-electron chi connectivity index (χ0n) is 13.2. The summed E-state index contributed by atoms with van der Waals surface area (Å²) in [6, 6.07) is 5.78. The van der Waals surface area contributed by atoms with E-state index in [-0.39, 0.29) is 23.8 Å². The SMILES string of the molecule is CNC(=O)Nc1ccc(NC(=O)C(NC(C)=O)C(C)C)cc1. The minimum atomic E-state index is -0.596. The smallest absolute Gasteiger partial charge is 0.318 e. The van der Waals surface area contributed by atoms with Crippen LogP contribution in [0.4, 0.5) is 16.2 Å². The summed E-state index contributed by atoms with van der Waals surface area (Å²) in [6.07, 6.45) is 0. The van der Waals surface area contributed by atoms with Crippen LogP contribution >= 0.6 is 0 Å². The molecule has 0 aliphatic heterocycles. The normalized spacial score (nSPS) is 11.5. The van der Waals surface area contributed by atoms with E-state index in [0.29, 0.717) is 11.4 Å². The summed E-state index contributed by atoms with van der Waals surface area (Å²) in [5, 5.41) is 10.4. The Kier molecular flexibility index (Phi) is 6.37. The zero-order chi connectivity index (χ0) is 16.7. The monoisotopic (exact) mass is 306 g/mol. The minimum absolute atomic E-state index is 0.0295. The van der Waals surface area contributed by atoms with Gasteiger partial charge in [-0.15, -0.1) is 0 Å². The molecule has 0 aliphatic rings. The fraction of sp³-hybridized carbons (Fsp3) is 0.400. The van der Waals surface area contributed by atoms with Crippen molar-refractivity contribution in [2.24, 2.45) is 5.92 Å². The summed E-state index contributed by atoms with van der Waals surface area (Å²) < 4.78 is 0. The third kappa shape index (κ3) is 5.43. The van der Waals surface area contributed by atoms with Gasteiger partial charge in [0.25, 0.3) is 0 Å². The number of nitrogens with one attached hydrogen (secondary N) is 4. The van der Waals surface area contributed by atoms with E-state index in [9.17, 15) is 14.4 Å². The first-order valence-corrected chi connectivity index (χ1v) is 7.00. The second-order valence-corrected chi connectivity index (χ2v) is 5.19.